The number of nitro benzene ring substituents is 1. The average molecular weight is 310 g/mol. The maximum absolute atomic E-state index is 11.7. The van der Waals surface area contributed by atoms with E-state index in [1.165, 1.54) is 18.2 Å². The number of hydrogen-bond donors (Lipinski definition) is 1. The van der Waals surface area contributed by atoms with Gasteiger partial charge in [0.15, 0.2) is 5.69 Å². The monoisotopic (exact) mass is 309 g/mol. The molecule has 0 unspecified atom stereocenters. The number of carboxylic acids is 1. The molecule has 0 saturated carbocycles. The van der Waals surface area contributed by atoms with E-state index in [2.05, 4.69) is 5.10 Å². The molecular weight excluding hydrogens is 302 g/mol. The van der Waals surface area contributed by atoms with Crippen LogP contribution in [0.4, 0.5) is 5.69 Å². The van der Waals surface area contributed by atoms with Crippen LogP contribution in [0.15, 0.2) is 35.1 Å². The van der Waals surface area contributed by atoms with Gasteiger partial charge in [-0.05, 0) is 18.2 Å². The Labute approximate surface area is 122 Å². The van der Waals surface area contributed by atoms with Crippen LogP contribution in [-0.2, 0) is 6.54 Å². The molecule has 1 N–H and O–H groups in total. The van der Waals surface area contributed by atoms with Gasteiger partial charge in [-0.15, -0.1) is 0 Å². The second-order valence-electron chi connectivity index (χ2n) is 4.05. The molecule has 0 atom stereocenters. The van der Waals surface area contributed by atoms with Crippen LogP contribution in [0.25, 0.3) is 0 Å². The fourth-order valence-corrected chi connectivity index (χ4v) is 1.89. The summed E-state index contributed by atoms with van der Waals surface area (Å²) in [7, 11) is 0. The van der Waals surface area contributed by atoms with E-state index in [0.717, 1.165) is 16.8 Å². The van der Waals surface area contributed by atoms with E-state index in [9.17, 15) is 19.7 Å². The number of carboxylic acid groups (broad SMARTS) is 1. The number of benzene rings is 1. The first-order valence-electron chi connectivity index (χ1n) is 5.63. The highest BCUT2D eigenvalue weighted by Gasteiger charge is 2.16. The van der Waals surface area contributed by atoms with Gasteiger partial charge in [0.05, 0.1) is 17.0 Å². The minimum atomic E-state index is -1.30. The van der Waals surface area contributed by atoms with Gasteiger partial charge >= 0.3 is 5.97 Å². The van der Waals surface area contributed by atoms with Crippen LogP contribution in [0.3, 0.4) is 0 Å². The SMILES string of the molecule is O=C(O)c1ccc(=O)n(Cc2cc(Cl)ccc2[N+](=O)[O-])n1. The summed E-state index contributed by atoms with van der Waals surface area (Å²) in [6.45, 7) is -0.253. The number of aromatic carboxylic acids is 1. The topological polar surface area (TPSA) is 115 Å². The average Bonchev–Trinajstić information content (AvgIpc) is 2.40. The van der Waals surface area contributed by atoms with E-state index in [0.29, 0.717) is 0 Å². The van der Waals surface area contributed by atoms with E-state index in [1.807, 2.05) is 0 Å². The number of carbonyl (C=O) groups is 1. The first-order chi connectivity index (χ1) is 9.88. The summed E-state index contributed by atoms with van der Waals surface area (Å²) in [5.74, 6) is -1.30. The smallest absolute Gasteiger partial charge is 0.356 e. The third-order valence-electron chi connectivity index (χ3n) is 2.64. The molecule has 0 bridgehead atoms. The van der Waals surface area contributed by atoms with Crippen molar-refractivity contribution in [2.75, 3.05) is 0 Å². The van der Waals surface area contributed by atoms with Gasteiger partial charge in [0.25, 0.3) is 11.2 Å². The van der Waals surface area contributed by atoms with E-state index in [-0.39, 0.29) is 28.5 Å². The van der Waals surface area contributed by atoms with Gasteiger partial charge in [0.2, 0.25) is 0 Å². The van der Waals surface area contributed by atoms with E-state index in [4.69, 9.17) is 16.7 Å². The molecule has 1 aromatic carbocycles. The number of halogens is 1. The van der Waals surface area contributed by atoms with Crippen molar-refractivity contribution in [1.82, 2.24) is 9.78 Å². The largest absolute Gasteiger partial charge is 0.476 e. The van der Waals surface area contributed by atoms with Crippen LogP contribution in [0.1, 0.15) is 16.1 Å². The second kappa shape index (κ2) is 5.71. The first-order valence-corrected chi connectivity index (χ1v) is 6.00. The standard InChI is InChI=1S/C12H8ClN3O5/c13-8-1-3-10(16(20)21)7(5-8)6-15-11(17)4-2-9(14-15)12(18)19/h1-5H,6H2,(H,18,19). The van der Waals surface area contributed by atoms with E-state index < -0.39 is 16.5 Å². The van der Waals surface area contributed by atoms with Crippen molar-refractivity contribution in [2.24, 2.45) is 0 Å². The molecule has 1 aromatic heterocycles. The predicted molar refractivity (Wildman–Crippen MR) is 72.7 cm³/mol. The summed E-state index contributed by atoms with van der Waals surface area (Å²) < 4.78 is 0.835. The Balaban J connectivity index is 2.49. The molecule has 2 rings (SSSR count). The Bertz CT molecular complexity index is 787. The Hall–Kier alpha value is -2.74. The highest BCUT2D eigenvalue weighted by molar-refractivity contribution is 6.30. The Morgan fingerprint density at radius 2 is 2.10 bits per heavy atom. The van der Waals surface area contributed by atoms with Gasteiger partial charge in [0.1, 0.15) is 0 Å². The van der Waals surface area contributed by atoms with Crippen molar-refractivity contribution in [3.05, 3.63) is 67.1 Å². The molecule has 21 heavy (non-hydrogen) atoms. The van der Waals surface area contributed by atoms with Crippen molar-refractivity contribution in [3.63, 3.8) is 0 Å². The molecule has 0 amide bonds. The molecule has 0 fully saturated rings. The third-order valence-corrected chi connectivity index (χ3v) is 2.88. The normalized spacial score (nSPS) is 10.3. The van der Waals surface area contributed by atoms with Crippen molar-refractivity contribution in [1.29, 1.82) is 0 Å². The molecule has 9 heteroatoms. The maximum Gasteiger partial charge on any atom is 0.356 e. The van der Waals surface area contributed by atoms with E-state index in [1.54, 1.807) is 0 Å². The van der Waals surface area contributed by atoms with Crippen molar-refractivity contribution in [2.45, 2.75) is 6.54 Å². The summed E-state index contributed by atoms with van der Waals surface area (Å²) in [5, 5.41) is 23.7. The predicted octanol–water partition coefficient (Wildman–Crippen LogP) is 1.55. The third kappa shape index (κ3) is 3.23. The Morgan fingerprint density at radius 3 is 2.71 bits per heavy atom. The fraction of sp³-hybridized carbons (Fsp3) is 0.0833. The molecule has 8 nitrogen and oxygen atoms in total. The first kappa shape index (κ1) is 14.7. The number of nitrogens with zero attached hydrogens (tertiary/aromatic N) is 3. The molecule has 0 saturated heterocycles. The highest BCUT2D eigenvalue weighted by atomic mass is 35.5. The lowest BCUT2D eigenvalue weighted by molar-refractivity contribution is -0.385. The molecule has 108 valence electrons. The number of hydrogen-bond acceptors (Lipinski definition) is 5. The minimum absolute atomic E-state index is 0.157. The van der Waals surface area contributed by atoms with Gasteiger partial charge in [0, 0.05) is 17.2 Å². The lowest BCUT2D eigenvalue weighted by Gasteiger charge is -2.06. The van der Waals surface area contributed by atoms with Gasteiger partial charge in [-0.25, -0.2) is 9.48 Å². The summed E-state index contributed by atoms with van der Waals surface area (Å²) in [6, 6.07) is 6.00. The molecule has 1 heterocycles. The molecule has 0 spiro atoms. The van der Waals surface area contributed by atoms with Gasteiger partial charge in [-0.3, -0.25) is 14.9 Å². The highest BCUT2D eigenvalue weighted by Crippen LogP contribution is 2.23. The second-order valence-corrected chi connectivity index (χ2v) is 4.49. The maximum atomic E-state index is 11.7. The van der Waals surface area contributed by atoms with Gasteiger partial charge < -0.3 is 5.11 Å². The Kier molecular flexibility index (Phi) is 3.99. The summed E-state index contributed by atoms with van der Waals surface area (Å²) in [6.07, 6.45) is 0. The van der Waals surface area contributed by atoms with Crippen LogP contribution >= 0.6 is 11.6 Å². The van der Waals surface area contributed by atoms with Gasteiger partial charge in [-0.2, -0.15) is 5.10 Å². The van der Waals surface area contributed by atoms with Crippen LogP contribution in [-0.4, -0.2) is 25.8 Å². The molecular formula is C12H8ClN3O5. The van der Waals surface area contributed by atoms with Crippen molar-refractivity contribution < 1.29 is 14.8 Å². The van der Waals surface area contributed by atoms with Crippen LogP contribution in [0.2, 0.25) is 5.02 Å². The summed E-state index contributed by atoms with van der Waals surface area (Å²) >= 11 is 5.78. The van der Waals surface area contributed by atoms with Crippen LogP contribution in [0.5, 0.6) is 0 Å². The van der Waals surface area contributed by atoms with E-state index >= 15 is 0 Å². The molecule has 0 aliphatic heterocycles. The Morgan fingerprint density at radius 1 is 1.38 bits per heavy atom. The molecule has 0 radical (unpaired) electrons. The van der Waals surface area contributed by atoms with Crippen molar-refractivity contribution in [3.8, 4) is 0 Å². The van der Waals surface area contributed by atoms with Crippen LogP contribution in [0, 0.1) is 10.1 Å². The zero-order valence-corrected chi connectivity index (χ0v) is 11.1. The van der Waals surface area contributed by atoms with Crippen molar-refractivity contribution >= 4 is 23.3 Å². The zero-order chi connectivity index (χ0) is 15.6. The zero-order valence-electron chi connectivity index (χ0n) is 10.4. The van der Waals surface area contributed by atoms with Crippen LogP contribution < -0.4 is 5.56 Å². The number of rotatable bonds is 4. The summed E-state index contributed by atoms with van der Waals surface area (Å²) in [4.78, 5) is 32.8. The fourth-order valence-electron chi connectivity index (χ4n) is 1.70. The molecule has 2 aromatic rings. The summed E-state index contributed by atoms with van der Waals surface area (Å²) in [5.41, 5.74) is -0.980. The lowest BCUT2D eigenvalue weighted by atomic mass is 10.2. The molecule has 0 aliphatic carbocycles. The minimum Gasteiger partial charge on any atom is -0.476 e. The number of nitro groups is 1. The molecule has 0 aliphatic rings. The quantitative estimate of drug-likeness (QED) is 0.676. The number of aromatic nitrogens is 2. The van der Waals surface area contributed by atoms with Gasteiger partial charge in [-0.1, -0.05) is 11.6 Å². The lowest BCUT2D eigenvalue weighted by Crippen LogP contribution is -2.25.